The Labute approximate surface area is 181 Å². The number of methoxy groups -OCH3 is 1. The van der Waals surface area contributed by atoms with Crippen LogP contribution in [-0.2, 0) is 14.4 Å². The Morgan fingerprint density at radius 1 is 1.00 bits per heavy atom. The number of Topliss-reactive ketones (excluding diaryl/α,β-unsaturated/α-hetero) is 1. The lowest BCUT2D eigenvalue weighted by atomic mass is 9.88. The molecular weight excluding hydrogens is 392 g/mol. The zero-order valence-corrected chi connectivity index (χ0v) is 18.0. The van der Waals surface area contributed by atoms with Crippen molar-refractivity contribution in [3.8, 4) is 5.75 Å². The number of anilines is 2. The van der Waals surface area contributed by atoms with E-state index < -0.39 is 17.9 Å². The maximum atomic E-state index is 13.7. The van der Waals surface area contributed by atoms with Crippen LogP contribution in [0.5, 0.6) is 5.75 Å². The van der Waals surface area contributed by atoms with Crippen molar-refractivity contribution in [3.63, 3.8) is 0 Å². The number of nitrogens with zero attached hydrogens (tertiary/aromatic N) is 2. The highest BCUT2D eigenvalue weighted by atomic mass is 16.5. The third-order valence-corrected chi connectivity index (χ3v) is 6.79. The second kappa shape index (κ2) is 6.80. The topological polar surface area (TPSA) is 66.9 Å². The highest BCUT2D eigenvalue weighted by Gasteiger charge is 2.63. The standard InChI is InChI=1S/C25H24N2O4/c1-13-6-5-7-14(2)22(13)27-24(29)20-19-10-8-16-12-17(31-4)9-11-18(16)26(19)23(15(3)28)21(20)25(27)30/h5-12,19-21,23H,1-4H3/t19-,20-,21-,23-/m1/s1. The molecule has 2 amide bonds. The third-order valence-electron chi connectivity index (χ3n) is 6.79. The quantitative estimate of drug-likeness (QED) is 0.719. The van der Waals surface area contributed by atoms with E-state index in [0.717, 1.165) is 22.4 Å². The summed E-state index contributed by atoms with van der Waals surface area (Å²) in [6.45, 7) is 5.30. The molecule has 6 nitrogen and oxygen atoms in total. The van der Waals surface area contributed by atoms with Gasteiger partial charge in [-0.15, -0.1) is 0 Å². The van der Waals surface area contributed by atoms with E-state index in [1.807, 2.05) is 67.3 Å². The highest BCUT2D eigenvalue weighted by Crippen LogP contribution is 2.50. The number of ether oxygens (including phenoxy) is 1. The summed E-state index contributed by atoms with van der Waals surface area (Å²) in [6.07, 6.45) is 3.90. The smallest absolute Gasteiger partial charge is 0.240 e. The summed E-state index contributed by atoms with van der Waals surface area (Å²) in [4.78, 5) is 43.4. The third kappa shape index (κ3) is 2.60. The van der Waals surface area contributed by atoms with E-state index in [0.29, 0.717) is 11.4 Å². The van der Waals surface area contributed by atoms with Crippen molar-refractivity contribution in [2.75, 3.05) is 16.9 Å². The minimum atomic E-state index is -0.702. The van der Waals surface area contributed by atoms with Gasteiger partial charge in [0.05, 0.1) is 30.7 Å². The molecule has 2 saturated heterocycles. The molecule has 3 heterocycles. The van der Waals surface area contributed by atoms with Crippen LogP contribution in [0.15, 0.2) is 42.5 Å². The number of rotatable bonds is 3. The molecule has 0 unspecified atom stereocenters. The molecule has 0 spiro atoms. The Bertz CT molecular complexity index is 1150. The fourth-order valence-corrected chi connectivity index (χ4v) is 5.52. The average Bonchev–Trinajstić information content (AvgIpc) is 3.22. The van der Waals surface area contributed by atoms with Gasteiger partial charge in [-0.1, -0.05) is 30.4 Å². The van der Waals surface area contributed by atoms with Gasteiger partial charge in [-0.25, -0.2) is 4.90 Å². The number of aryl methyl sites for hydroxylation is 2. The lowest BCUT2D eigenvalue weighted by Crippen LogP contribution is -2.48. The molecule has 3 aliphatic heterocycles. The van der Waals surface area contributed by atoms with Crippen molar-refractivity contribution in [3.05, 3.63) is 59.2 Å². The number of fused-ring (bicyclic) bond motifs is 5. The lowest BCUT2D eigenvalue weighted by Gasteiger charge is -2.36. The number of hydrogen-bond donors (Lipinski definition) is 0. The van der Waals surface area contributed by atoms with E-state index >= 15 is 0 Å². The number of imide groups is 1. The molecule has 0 saturated carbocycles. The zero-order chi connectivity index (χ0) is 22.0. The van der Waals surface area contributed by atoms with Gasteiger partial charge in [-0.05, 0) is 50.1 Å². The summed E-state index contributed by atoms with van der Waals surface area (Å²) in [5.41, 5.74) is 4.14. The predicted molar refractivity (Wildman–Crippen MR) is 118 cm³/mol. The monoisotopic (exact) mass is 416 g/mol. The molecule has 31 heavy (non-hydrogen) atoms. The van der Waals surface area contributed by atoms with Gasteiger partial charge in [-0.3, -0.25) is 14.4 Å². The van der Waals surface area contributed by atoms with Crippen LogP contribution in [0.2, 0.25) is 0 Å². The van der Waals surface area contributed by atoms with E-state index in [-0.39, 0.29) is 23.6 Å². The number of para-hydroxylation sites is 1. The molecule has 158 valence electrons. The summed E-state index contributed by atoms with van der Waals surface area (Å²) in [5, 5.41) is 0. The molecule has 2 fully saturated rings. The average molecular weight is 416 g/mol. The number of carbonyl (C=O) groups excluding carboxylic acids is 3. The molecule has 0 N–H and O–H groups in total. The maximum Gasteiger partial charge on any atom is 0.240 e. The normalized spacial score (nSPS) is 26.1. The van der Waals surface area contributed by atoms with Crippen LogP contribution in [0.3, 0.4) is 0 Å². The van der Waals surface area contributed by atoms with Gasteiger partial charge in [0.25, 0.3) is 0 Å². The Kier molecular flexibility index (Phi) is 4.29. The molecule has 0 radical (unpaired) electrons. The van der Waals surface area contributed by atoms with Crippen LogP contribution in [0, 0.1) is 25.7 Å². The second-order valence-corrected chi connectivity index (χ2v) is 8.54. The molecule has 2 aromatic rings. The van der Waals surface area contributed by atoms with Crippen molar-refractivity contribution in [2.45, 2.75) is 32.9 Å². The second-order valence-electron chi connectivity index (χ2n) is 8.54. The number of hydrogen-bond acceptors (Lipinski definition) is 5. The predicted octanol–water partition coefficient (Wildman–Crippen LogP) is 3.29. The van der Waals surface area contributed by atoms with Crippen molar-refractivity contribution >= 4 is 35.0 Å². The fraction of sp³-hybridized carbons (Fsp3) is 0.320. The van der Waals surface area contributed by atoms with Crippen molar-refractivity contribution in [1.29, 1.82) is 0 Å². The van der Waals surface area contributed by atoms with Gasteiger partial charge in [0.1, 0.15) is 11.8 Å². The van der Waals surface area contributed by atoms with Gasteiger partial charge < -0.3 is 9.64 Å². The molecule has 5 rings (SSSR count). The van der Waals surface area contributed by atoms with Gasteiger partial charge >= 0.3 is 0 Å². The summed E-state index contributed by atoms with van der Waals surface area (Å²) in [5.74, 6) is -1.20. The van der Waals surface area contributed by atoms with E-state index in [4.69, 9.17) is 4.74 Å². The van der Waals surface area contributed by atoms with Gasteiger partial charge in [0.2, 0.25) is 11.8 Å². The van der Waals surface area contributed by atoms with Crippen LogP contribution in [0.4, 0.5) is 11.4 Å². The molecule has 4 atom stereocenters. The highest BCUT2D eigenvalue weighted by molar-refractivity contribution is 6.25. The first-order valence-electron chi connectivity index (χ1n) is 10.4. The van der Waals surface area contributed by atoms with Crippen LogP contribution in [0.25, 0.3) is 6.08 Å². The van der Waals surface area contributed by atoms with Crippen LogP contribution < -0.4 is 14.5 Å². The number of ketones is 1. The van der Waals surface area contributed by atoms with E-state index in [1.165, 1.54) is 11.8 Å². The first-order chi connectivity index (χ1) is 14.8. The van der Waals surface area contributed by atoms with Crippen LogP contribution >= 0.6 is 0 Å². The largest absolute Gasteiger partial charge is 0.497 e. The minimum Gasteiger partial charge on any atom is -0.497 e. The van der Waals surface area contributed by atoms with Crippen LogP contribution in [-0.4, -0.2) is 36.8 Å². The summed E-state index contributed by atoms with van der Waals surface area (Å²) in [6, 6.07) is 10.3. The molecule has 2 aromatic carbocycles. The Morgan fingerprint density at radius 3 is 2.32 bits per heavy atom. The molecule has 0 bridgehead atoms. The first-order valence-corrected chi connectivity index (χ1v) is 10.4. The van der Waals surface area contributed by atoms with E-state index in [9.17, 15) is 14.4 Å². The van der Waals surface area contributed by atoms with Gasteiger partial charge in [-0.2, -0.15) is 0 Å². The van der Waals surface area contributed by atoms with Crippen molar-refractivity contribution in [2.24, 2.45) is 11.8 Å². The van der Waals surface area contributed by atoms with Crippen LogP contribution in [0.1, 0.15) is 23.6 Å². The zero-order valence-electron chi connectivity index (χ0n) is 18.0. The van der Waals surface area contributed by atoms with Crippen molar-refractivity contribution < 1.29 is 19.1 Å². The molecule has 3 aliphatic rings. The Balaban J connectivity index is 1.63. The Hall–Kier alpha value is -3.41. The SMILES string of the molecule is COc1ccc2c(c1)C=C[C@@H]1[C@H]3C(=O)N(c4c(C)cccc4C)C(=O)[C@H]3[C@@H](C(C)=O)N21. The summed E-state index contributed by atoms with van der Waals surface area (Å²) >= 11 is 0. The fourth-order valence-electron chi connectivity index (χ4n) is 5.52. The molecule has 0 aliphatic carbocycles. The molecule has 6 heteroatoms. The number of benzene rings is 2. The van der Waals surface area contributed by atoms with E-state index in [1.54, 1.807) is 7.11 Å². The van der Waals surface area contributed by atoms with E-state index in [2.05, 4.69) is 0 Å². The van der Waals surface area contributed by atoms with Gasteiger partial charge in [0, 0.05) is 11.3 Å². The summed E-state index contributed by atoms with van der Waals surface area (Å²) < 4.78 is 5.33. The maximum absolute atomic E-state index is 13.7. The molecule has 0 aromatic heterocycles. The number of carbonyl (C=O) groups is 3. The molecular formula is C25H24N2O4. The lowest BCUT2D eigenvalue weighted by molar-refractivity contribution is -0.126. The minimum absolute atomic E-state index is 0.112. The van der Waals surface area contributed by atoms with Gasteiger partial charge in [0.15, 0.2) is 5.78 Å². The number of amides is 2. The summed E-state index contributed by atoms with van der Waals surface area (Å²) in [7, 11) is 1.61. The first kappa shape index (κ1) is 19.5. The Morgan fingerprint density at radius 2 is 1.68 bits per heavy atom. The van der Waals surface area contributed by atoms with Crippen molar-refractivity contribution in [1.82, 2.24) is 0 Å².